The zero-order chi connectivity index (χ0) is 20.5. The molecule has 1 aromatic rings. The Hall–Kier alpha value is -1.87. The van der Waals surface area contributed by atoms with Crippen molar-refractivity contribution in [3.05, 3.63) is 17.9 Å². The molecule has 2 heterocycles. The Morgan fingerprint density at radius 3 is 2.18 bits per heavy atom. The first-order chi connectivity index (χ1) is 13.1. The molecule has 2 fully saturated rings. The smallest absolute Gasteiger partial charge is 0.289 e. The van der Waals surface area contributed by atoms with Crippen molar-refractivity contribution in [2.45, 2.75) is 57.1 Å². The van der Waals surface area contributed by atoms with Crippen LogP contribution in [0.5, 0.6) is 0 Å². The fourth-order valence-electron chi connectivity index (χ4n) is 3.75. The van der Waals surface area contributed by atoms with Gasteiger partial charge in [-0.2, -0.15) is 0 Å². The molecule has 1 saturated carbocycles. The molecule has 2 aliphatic rings. The molecule has 0 atom stereocenters. The second-order valence-electron chi connectivity index (χ2n) is 8.57. The van der Waals surface area contributed by atoms with Gasteiger partial charge in [0.05, 0.1) is 0 Å². The van der Waals surface area contributed by atoms with Gasteiger partial charge in [-0.15, -0.1) is 0 Å². The maximum atomic E-state index is 12.7. The molecule has 0 radical (unpaired) electrons. The molecule has 0 unspecified atom stereocenters. The molecule has 3 rings (SSSR count). The Balaban J connectivity index is 1.60. The van der Waals surface area contributed by atoms with Gasteiger partial charge in [-0.3, -0.25) is 9.59 Å². The van der Waals surface area contributed by atoms with Crippen LogP contribution in [0.1, 0.15) is 57.0 Å². The Bertz CT molecular complexity index is 826. The maximum absolute atomic E-state index is 12.7. The van der Waals surface area contributed by atoms with Crippen molar-refractivity contribution in [3.63, 3.8) is 0 Å². The van der Waals surface area contributed by atoms with Crippen molar-refractivity contribution in [1.29, 1.82) is 0 Å². The van der Waals surface area contributed by atoms with E-state index >= 15 is 0 Å². The zero-order valence-electron chi connectivity index (χ0n) is 16.7. The van der Waals surface area contributed by atoms with Crippen molar-refractivity contribution < 1.29 is 22.4 Å². The van der Waals surface area contributed by atoms with E-state index in [9.17, 15) is 18.0 Å². The van der Waals surface area contributed by atoms with Crippen LogP contribution in [0, 0.1) is 5.92 Å². The van der Waals surface area contributed by atoms with Gasteiger partial charge in [-0.1, -0.05) is 12.8 Å². The molecule has 156 valence electrons. The quantitative estimate of drug-likeness (QED) is 0.815. The van der Waals surface area contributed by atoms with Crippen LogP contribution in [0.15, 0.2) is 21.6 Å². The molecule has 2 amide bonds. The lowest BCUT2D eigenvalue weighted by Crippen LogP contribution is -2.51. The third-order valence-corrected chi connectivity index (χ3v) is 6.71. The molecule has 1 aromatic heterocycles. The van der Waals surface area contributed by atoms with E-state index in [2.05, 4.69) is 4.72 Å². The zero-order valence-corrected chi connectivity index (χ0v) is 17.5. The van der Waals surface area contributed by atoms with Crippen molar-refractivity contribution in [3.8, 4) is 0 Å². The van der Waals surface area contributed by atoms with Crippen LogP contribution in [-0.4, -0.2) is 61.7 Å². The van der Waals surface area contributed by atoms with Gasteiger partial charge in [0.1, 0.15) is 0 Å². The number of piperazine rings is 1. The first-order valence-corrected chi connectivity index (χ1v) is 11.3. The average molecular weight is 412 g/mol. The van der Waals surface area contributed by atoms with E-state index in [0.29, 0.717) is 26.2 Å². The minimum Gasteiger partial charge on any atom is -0.438 e. The number of carbonyl (C=O) groups is 2. The summed E-state index contributed by atoms with van der Waals surface area (Å²) in [5.74, 6) is -0.0327. The van der Waals surface area contributed by atoms with E-state index in [4.69, 9.17) is 4.42 Å². The van der Waals surface area contributed by atoms with Gasteiger partial charge in [-0.25, -0.2) is 13.1 Å². The predicted molar refractivity (Wildman–Crippen MR) is 103 cm³/mol. The fourth-order valence-corrected chi connectivity index (χ4v) is 5.10. The van der Waals surface area contributed by atoms with Gasteiger partial charge >= 0.3 is 0 Å². The van der Waals surface area contributed by atoms with Crippen molar-refractivity contribution in [2.24, 2.45) is 5.92 Å². The summed E-state index contributed by atoms with van der Waals surface area (Å²) in [4.78, 5) is 28.6. The molecule has 0 spiro atoms. The number of amides is 2. The van der Waals surface area contributed by atoms with Crippen molar-refractivity contribution in [1.82, 2.24) is 14.5 Å². The van der Waals surface area contributed by atoms with Gasteiger partial charge in [0.25, 0.3) is 15.9 Å². The van der Waals surface area contributed by atoms with Gasteiger partial charge in [-0.05, 0) is 45.7 Å². The van der Waals surface area contributed by atoms with E-state index in [-0.39, 0.29) is 28.6 Å². The number of carbonyl (C=O) groups excluding carboxylic acids is 2. The molecule has 0 bridgehead atoms. The number of furan rings is 1. The van der Waals surface area contributed by atoms with E-state index < -0.39 is 15.6 Å². The lowest BCUT2D eigenvalue weighted by molar-refractivity contribution is -0.136. The van der Waals surface area contributed by atoms with Crippen LogP contribution in [-0.2, 0) is 14.8 Å². The summed E-state index contributed by atoms with van der Waals surface area (Å²) < 4.78 is 32.5. The Labute approximate surface area is 166 Å². The van der Waals surface area contributed by atoms with E-state index in [0.717, 1.165) is 25.7 Å². The molecular weight excluding hydrogens is 382 g/mol. The first kappa shape index (κ1) is 20.9. The summed E-state index contributed by atoms with van der Waals surface area (Å²) in [5, 5.41) is -0.277. The van der Waals surface area contributed by atoms with Gasteiger partial charge in [0.15, 0.2) is 5.76 Å². The van der Waals surface area contributed by atoms with Crippen LogP contribution >= 0.6 is 0 Å². The topological polar surface area (TPSA) is 99.9 Å². The summed E-state index contributed by atoms with van der Waals surface area (Å²) in [7, 11) is -3.83. The van der Waals surface area contributed by atoms with Crippen molar-refractivity contribution in [2.75, 3.05) is 26.2 Å². The standard InChI is InChI=1S/C19H29N3O5S/c1-19(2,3)20-28(25,26)16-9-8-15(27-16)18(24)22-12-10-21(11-13-22)17(23)14-6-4-5-7-14/h8-9,14,20H,4-7,10-13H2,1-3H3. The van der Waals surface area contributed by atoms with Crippen molar-refractivity contribution >= 4 is 21.8 Å². The number of hydrogen-bond acceptors (Lipinski definition) is 5. The summed E-state index contributed by atoms with van der Waals surface area (Å²) in [5.41, 5.74) is -0.655. The van der Waals surface area contributed by atoms with Gasteiger partial charge < -0.3 is 14.2 Å². The molecule has 0 aromatic carbocycles. The highest BCUT2D eigenvalue weighted by atomic mass is 32.2. The first-order valence-electron chi connectivity index (χ1n) is 9.79. The third kappa shape index (κ3) is 4.75. The van der Waals surface area contributed by atoms with Crippen LogP contribution in [0.4, 0.5) is 0 Å². The van der Waals surface area contributed by atoms with Gasteiger partial charge in [0, 0.05) is 37.6 Å². The number of nitrogens with one attached hydrogen (secondary N) is 1. The largest absolute Gasteiger partial charge is 0.438 e. The molecule has 9 heteroatoms. The summed E-state index contributed by atoms with van der Waals surface area (Å²) in [6.07, 6.45) is 4.15. The lowest BCUT2D eigenvalue weighted by Gasteiger charge is -2.35. The molecule has 1 N–H and O–H groups in total. The Kier molecular flexibility index (Phi) is 5.86. The molecule has 8 nitrogen and oxygen atoms in total. The molecule has 1 aliphatic heterocycles. The summed E-state index contributed by atoms with van der Waals surface area (Å²) in [6, 6.07) is 2.68. The predicted octanol–water partition coefficient (Wildman–Crippen LogP) is 1.83. The highest BCUT2D eigenvalue weighted by molar-refractivity contribution is 7.89. The molecule has 1 saturated heterocycles. The van der Waals surface area contributed by atoms with Crippen LogP contribution in [0.2, 0.25) is 0 Å². The second-order valence-corrected chi connectivity index (χ2v) is 10.2. The van der Waals surface area contributed by atoms with Crippen LogP contribution in [0.25, 0.3) is 0 Å². The van der Waals surface area contributed by atoms with E-state index in [1.54, 1.807) is 25.7 Å². The lowest BCUT2D eigenvalue weighted by atomic mass is 10.1. The van der Waals surface area contributed by atoms with Gasteiger partial charge in [0.2, 0.25) is 11.0 Å². The monoisotopic (exact) mass is 411 g/mol. The highest BCUT2D eigenvalue weighted by Gasteiger charge is 2.32. The van der Waals surface area contributed by atoms with E-state index in [1.165, 1.54) is 12.1 Å². The molecule has 28 heavy (non-hydrogen) atoms. The molecular formula is C19H29N3O5S. The number of sulfonamides is 1. The minimum absolute atomic E-state index is 0.00939. The number of nitrogens with zero attached hydrogens (tertiary/aromatic N) is 2. The summed E-state index contributed by atoms with van der Waals surface area (Å²) >= 11 is 0. The van der Waals surface area contributed by atoms with E-state index in [1.807, 2.05) is 4.90 Å². The number of rotatable bonds is 4. The average Bonchev–Trinajstić information content (AvgIpc) is 3.30. The maximum Gasteiger partial charge on any atom is 0.289 e. The molecule has 1 aliphatic carbocycles. The van der Waals surface area contributed by atoms with Crippen LogP contribution < -0.4 is 4.72 Å². The SMILES string of the molecule is CC(C)(C)NS(=O)(=O)c1ccc(C(=O)N2CCN(C(=O)C3CCCC3)CC2)o1. The summed E-state index contributed by atoms with van der Waals surface area (Å²) in [6.45, 7) is 7.02. The van der Waals surface area contributed by atoms with Crippen LogP contribution in [0.3, 0.4) is 0 Å². The highest BCUT2D eigenvalue weighted by Crippen LogP contribution is 2.27. The fraction of sp³-hybridized carbons (Fsp3) is 0.684. The Morgan fingerprint density at radius 2 is 1.61 bits per heavy atom. The normalized spacial score (nSPS) is 19.2. The third-order valence-electron chi connectivity index (χ3n) is 5.08. The second kappa shape index (κ2) is 7.87. The Morgan fingerprint density at radius 1 is 1.04 bits per heavy atom. The minimum atomic E-state index is -3.83. The number of hydrogen-bond donors (Lipinski definition) is 1.